The molecule has 1 fully saturated rings. The molecule has 8 heteroatoms. The number of hydrogen-bond acceptors (Lipinski definition) is 6. The van der Waals surface area contributed by atoms with Crippen molar-refractivity contribution in [2.24, 2.45) is 11.8 Å². The van der Waals surface area contributed by atoms with E-state index in [1.54, 1.807) is 58.9 Å². The van der Waals surface area contributed by atoms with Crippen LogP contribution in [0.4, 0.5) is 4.79 Å². The van der Waals surface area contributed by atoms with Gasteiger partial charge in [0.1, 0.15) is 11.6 Å². The Bertz CT molecular complexity index is 1070. The van der Waals surface area contributed by atoms with Crippen molar-refractivity contribution in [3.63, 3.8) is 0 Å². The number of nitrogens with one attached hydrogen (secondary N) is 2. The molecule has 0 radical (unpaired) electrons. The molecule has 8 nitrogen and oxygen atoms in total. The van der Waals surface area contributed by atoms with Crippen molar-refractivity contribution in [2.75, 3.05) is 13.7 Å². The number of carbonyl (C=O) groups excluding carboxylic acids is 3. The predicted octanol–water partition coefficient (Wildman–Crippen LogP) is 3.41. The summed E-state index contributed by atoms with van der Waals surface area (Å²) in [5.74, 6) is 11.4. The lowest BCUT2D eigenvalue weighted by atomic mass is 9.83. The molecule has 1 aromatic rings. The topological polar surface area (TPSA) is 114 Å². The fourth-order valence-corrected chi connectivity index (χ4v) is 3.94. The number of esters is 1. The van der Waals surface area contributed by atoms with E-state index in [0.717, 1.165) is 25.7 Å². The van der Waals surface area contributed by atoms with E-state index in [4.69, 9.17) is 9.47 Å². The zero-order chi connectivity index (χ0) is 27.6. The summed E-state index contributed by atoms with van der Waals surface area (Å²) in [5, 5.41) is 14.5. The Hall–Kier alpha value is -3.49. The Labute approximate surface area is 219 Å². The van der Waals surface area contributed by atoms with Crippen LogP contribution in [0.5, 0.6) is 0 Å². The molecule has 0 unspecified atom stereocenters. The lowest BCUT2D eigenvalue weighted by molar-refractivity contribution is -0.144. The maximum atomic E-state index is 12.9. The minimum atomic E-state index is -1.20. The minimum Gasteiger partial charge on any atom is -0.467 e. The highest BCUT2D eigenvalue weighted by Gasteiger charge is 2.39. The molecule has 1 aromatic carbocycles. The predicted molar refractivity (Wildman–Crippen MR) is 140 cm³/mol. The van der Waals surface area contributed by atoms with Crippen molar-refractivity contribution in [2.45, 2.75) is 77.5 Å². The molecule has 0 saturated heterocycles. The second-order valence-electron chi connectivity index (χ2n) is 10.8. The third-order valence-corrected chi connectivity index (χ3v) is 6.05. The number of aliphatic hydroxyl groups is 1. The quantitative estimate of drug-likeness (QED) is 0.399. The molecule has 0 heterocycles. The van der Waals surface area contributed by atoms with Crippen LogP contribution in [0.15, 0.2) is 24.3 Å². The second kappa shape index (κ2) is 13.2. The van der Waals surface area contributed by atoms with Gasteiger partial charge in [-0.25, -0.2) is 9.59 Å². The van der Waals surface area contributed by atoms with Crippen molar-refractivity contribution >= 4 is 18.0 Å². The summed E-state index contributed by atoms with van der Waals surface area (Å²) in [5.41, 5.74) is -0.905. The molecule has 0 bridgehead atoms. The van der Waals surface area contributed by atoms with Crippen LogP contribution < -0.4 is 10.6 Å². The van der Waals surface area contributed by atoms with Crippen molar-refractivity contribution < 1.29 is 29.0 Å². The average Bonchev–Trinajstić information content (AvgIpc) is 2.83. The van der Waals surface area contributed by atoms with E-state index in [1.165, 1.54) is 7.11 Å². The van der Waals surface area contributed by atoms with Crippen LogP contribution in [0, 0.1) is 35.5 Å². The SMILES string of the molecule is COC(=O)[C@@H](NC(=O)c1ccc(C#CC#CC2CCC(CO)CC2)cc1)C(C)(C)NC(=O)OC(C)(C)C. The molecule has 2 amide bonds. The summed E-state index contributed by atoms with van der Waals surface area (Å²) >= 11 is 0. The highest BCUT2D eigenvalue weighted by atomic mass is 16.6. The Morgan fingerprint density at radius 2 is 1.65 bits per heavy atom. The van der Waals surface area contributed by atoms with E-state index in [1.807, 2.05) is 0 Å². The van der Waals surface area contributed by atoms with Crippen molar-refractivity contribution in [3.8, 4) is 23.7 Å². The molecular weight excluding hydrogens is 472 g/mol. The number of benzene rings is 1. The summed E-state index contributed by atoms with van der Waals surface area (Å²) in [6.45, 7) is 8.62. The van der Waals surface area contributed by atoms with Gasteiger partial charge in [0.15, 0.2) is 0 Å². The van der Waals surface area contributed by atoms with Crippen LogP contribution in [-0.4, -0.2) is 54.0 Å². The fourth-order valence-electron chi connectivity index (χ4n) is 3.94. The molecule has 37 heavy (non-hydrogen) atoms. The number of alkyl carbamates (subject to hydrolysis) is 1. The van der Waals surface area contributed by atoms with Crippen LogP contribution in [0.3, 0.4) is 0 Å². The van der Waals surface area contributed by atoms with E-state index in [-0.39, 0.29) is 6.61 Å². The van der Waals surface area contributed by atoms with Crippen LogP contribution in [0.1, 0.15) is 76.2 Å². The first-order chi connectivity index (χ1) is 17.3. The smallest absolute Gasteiger partial charge is 0.408 e. The van der Waals surface area contributed by atoms with E-state index in [0.29, 0.717) is 23.0 Å². The van der Waals surface area contributed by atoms with Gasteiger partial charge in [0.25, 0.3) is 5.91 Å². The Morgan fingerprint density at radius 3 is 2.19 bits per heavy atom. The molecule has 1 aliphatic rings. The van der Waals surface area contributed by atoms with Crippen LogP contribution in [0.25, 0.3) is 0 Å². The van der Waals surface area contributed by atoms with Gasteiger partial charge in [-0.2, -0.15) is 0 Å². The monoisotopic (exact) mass is 510 g/mol. The van der Waals surface area contributed by atoms with E-state index in [2.05, 4.69) is 34.3 Å². The lowest BCUT2D eigenvalue weighted by Gasteiger charge is -2.34. The maximum Gasteiger partial charge on any atom is 0.408 e. The molecule has 0 aromatic heterocycles. The number of rotatable bonds is 6. The third-order valence-electron chi connectivity index (χ3n) is 6.05. The average molecular weight is 511 g/mol. The Balaban J connectivity index is 2.03. The van der Waals surface area contributed by atoms with Gasteiger partial charge in [0.2, 0.25) is 0 Å². The zero-order valence-corrected chi connectivity index (χ0v) is 22.6. The lowest BCUT2D eigenvalue weighted by Crippen LogP contribution is -2.62. The van der Waals surface area contributed by atoms with E-state index >= 15 is 0 Å². The third kappa shape index (κ3) is 9.82. The summed E-state index contributed by atoms with van der Waals surface area (Å²) in [7, 11) is 1.21. The van der Waals surface area contributed by atoms with Crippen LogP contribution in [0.2, 0.25) is 0 Å². The van der Waals surface area contributed by atoms with Gasteiger partial charge in [-0.1, -0.05) is 11.8 Å². The van der Waals surface area contributed by atoms with Gasteiger partial charge >= 0.3 is 12.1 Å². The van der Waals surface area contributed by atoms with Gasteiger partial charge in [-0.15, -0.1) is 0 Å². The standard InChI is InChI=1S/C29H38N2O6/c1-28(2,3)37-27(35)31-29(4,5)24(26(34)36-6)30-25(33)23-17-15-21(16-18-23)10-8-7-9-20-11-13-22(19-32)14-12-20/h15-18,20,22,24,32H,11-14,19H2,1-6H3,(H,30,33)(H,31,35)/t20?,22?,24-/m1/s1. The normalized spacial score (nSPS) is 18.1. The molecule has 0 spiro atoms. The maximum absolute atomic E-state index is 12.9. The summed E-state index contributed by atoms with van der Waals surface area (Å²) in [6, 6.07) is 5.44. The first-order valence-electron chi connectivity index (χ1n) is 12.5. The first kappa shape index (κ1) is 29.7. The van der Waals surface area contributed by atoms with Gasteiger partial charge in [-0.3, -0.25) is 4.79 Å². The molecule has 3 N–H and O–H groups in total. The van der Waals surface area contributed by atoms with E-state index in [9.17, 15) is 19.5 Å². The number of carbonyl (C=O) groups is 3. The van der Waals surface area contributed by atoms with Crippen LogP contribution >= 0.6 is 0 Å². The van der Waals surface area contributed by atoms with Crippen molar-refractivity contribution in [1.82, 2.24) is 10.6 Å². The molecular formula is C29H38N2O6. The number of aliphatic hydroxyl groups excluding tert-OH is 1. The molecule has 0 aliphatic heterocycles. The number of amides is 2. The first-order valence-corrected chi connectivity index (χ1v) is 12.5. The minimum absolute atomic E-state index is 0.248. The molecule has 2 rings (SSSR count). The number of methoxy groups -OCH3 is 1. The van der Waals surface area contributed by atoms with Crippen LogP contribution in [-0.2, 0) is 14.3 Å². The Kier molecular flexibility index (Phi) is 10.6. The largest absolute Gasteiger partial charge is 0.467 e. The highest BCUT2D eigenvalue weighted by Crippen LogP contribution is 2.27. The van der Waals surface area contributed by atoms with Crippen molar-refractivity contribution in [3.05, 3.63) is 35.4 Å². The summed E-state index contributed by atoms with van der Waals surface area (Å²) in [6.07, 6.45) is 3.25. The number of hydrogen-bond donors (Lipinski definition) is 3. The summed E-state index contributed by atoms with van der Waals surface area (Å²) in [4.78, 5) is 37.6. The fraction of sp³-hybridized carbons (Fsp3) is 0.552. The molecule has 1 saturated carbocycles. The van der Waals surface area contributed by atoms with Gasteiger partial charge in [0.05, 0.1) is 12.6 Å². The molecule has 200 valence electrons. The van der Waals surface area contributed by atoms with Gasteiger partial charge < -0.3 is 25.2 Å². The Morgan fingerprint density at radius 1 is 1.03 bits per heavy atom. The highest BCUT2D eigenvalue weighted by molar-refractivity contribution is 5.97. The van der Waals surface area contributed by atoms with Crippen molar-refractivity contribution in [1.29, 1.82) is 0 Å². The number of ether oxygens (including phenoxy) is 2. The van der Waals surface area contributed by atoms with Gasteiger partial charge in [0, 0.05) is 23.7 Å². The van der Waals surface area contributed by atoms with Gasteiger partial charge in [-0.05, 0) is 102 Å². The second-order valence-corrected chi connectivity index (χ2v) is 10.8. The molecule has 1 aliphatic carbocycles. The summed E-state index contributed by atoms with van der Waals surface area (Å²) < 4.78 is 10.1. The molecule has 1 atom stereocenters. The zero-order valence-electron chi connectivity index (χ0n) is 22.6. The van der Waals surface area contributed by atoms with E-state index < -0.39 is 35.2 Å².